The van der Waals surface area contributed by atoms with Crippen molar-refractivity contribution in [2.24, 2.45) is 5.10 Å². The van der Waals surface area contributed by atoms with Crippen LogP contribution < -0.4 is 5.43 Å². The van der Waals surface area contributed by atoms with E-state index in [4.69, 9.17) is 0 Å². The smallest absolute Gasteiger partial charge is 0.236 e. The number of nitrogens with zero attached hydrogens (tertiary/aromatic N) is 1. The molecule has 1 aromatic rings. The summed E-state index contributed by atoms with van der Waals surface area (Å²) in [6.07, 6.45) is 1.64. The molecule has 13 heavy (non-hydrogen) atoms. The van der Waals surface area contributed by atoms with Gasteiger partial charge in [-0.3, -0.25) is 4.79 Å². The fourth-order valence-electron chi connectivity index (χ4n) is 0.924. The molecular formula is C10H12N2O. The summed E-state index contributed by atoms with van der Waals surface area (Å²) in [5.74, 6) is -0.162. The lowest BCUT2D eigenvalue weighted by atomic mass is 10.1. The van der Waals surface area contributed by atoms with E-state index in [-0.39, 0.29) is 5.91 Å². The van der Waals surface area contributed by atoms with Gasteiger partial charge in [0, 0.05) is 6.92 Å². The monoisotopic (exact) mass is 176 g/mol. The van der Waals surface area contributed by atoms with Crippen LogP contribution in [0.5, 0.6) is 0 Å². The van der Waals surface area contributed by atoms with Crippen LogP contribution in [-0.4, -0.2) is 12.1 Å². The molecule has 0 atom stereocenters. The average Bonchev–Trinajstić information content (AvgIpc) is 2.08. The standard InChI is InChI=1S/C10H12N2O/c1-8-5-3-4-6-10(8)7-11-12-9(2)13/h3-7H,1-2H3,(H,12,13)/b11-7-. The number of hydrazone groups is 1. The zero-order chi connectivity index (χ0) is 9.68. The van der Waals surface area contributed by atoms with Crippen molar-refractivity contribution in [1.29, 1.82) is 0 Å². The Morgan fingerprint density at radius 1 is 1.46 bits per heavy atom. The minimum absolute atomic E-state index is 0.162. The number of benzene rings is 1. The molecule has 0 aliphatic heterocycles. The second kappa shape index (κ2) is 4.40. The molecule has 0 saturated heterocycles. The van der Waals surface area contributed by atoms with Gasteiger partial charge in [0.15, 0.2) is 0 Å². The Labute approximate surface area is 77.5 Å². The Balaban J connectivity index is 2.68. The van der Waals surface area contributed by atoms with E-state index in [9.17, 15) is 4.79 Å². The van der Waals surface area contributed by atoms with Gasteiger partial charge in [0.1, 0.15) is 0 Å². The highest BCUT2D eigenvalue weighted by atomic mass is 16.2. The quantitative estimate of drug-likeness (QED) is 0.538. The first-order valence-electron chi connectivity index (χ1n) is 4.05. The summed E-state index contributed by atoms with van der Waals surface area (Å²) >= 11 is 0. The van der Waals surface area contributed by atoms with Crippen LogP contribution >= 0.6 is 0 Å². The first-order chi connectivity index (χ1) is 6.20. The lowest BCUT2D eigenvalue weighted by Crippen LogP contribution is -2.12. The third-order valence-electron chi connectivity index (χ3n) is 1.61. The first kappa shape index (κ1) is 9.45. The van der Waals surface area contributed by atoms with Gasteiger partial charge in [0.25, 0.3) is 0 Å². The number of nitrogens with one attached hydrogen (secondary N) is 1. The van der Waals surface area contributed by atoms with E-state index in [1.165, 1.54) is 6.92 Å². The molecule has 68 valence electrons. The summed E-state index contributed by atoms with van der Waals surface area (Å²) in [6.45, 7) is 3.42. The molecule has 0 aromatic heterocycles. The molecule has 0 spiro atoms. The molecular weight excluding hydrogens is 164 g/mol. The van der Waals surface area contributed by atoms with E-state index in [0.717, 1.165) is 11.1 Å². The number of carbonyl (C=O) groups is 1. The molecule has 0 aliphatic rings. The maximum atomic E-state index is 10.5. The van der Waals surface area contributed by atoms with Crippen LogP contribution in [0.1, 0.15) is 18.1 Å². The predicted molar refractivity (Wildman–Crippen MR) is 52.6 cm³/mol. The van der Waals surface area contributed by atoms with Gasteiger partial charge < -0.3 is 0 Å². The fraction of sp³-hybridized carbons (Fsp3) is 0.200. The molecule has 0 saturated carbocycles. The van der Waals surface area contributed by atoms with Crippen molar-refractivity contribution < 1.29 is 4.79 Å². The molecule has 0 unspecified atom stereocenters. The summed E-state index contributed by atoms with van der Waals surface area (Å²) in [5.41, 5.74) is 4.50. The summed E-state index contributed by atoms with van der Waals surface area (Å²) < 4.78 is 0. The van der Waals surface area contributed by atoms with E-state index >= 15 is 0 Å². The highest BCUT2D eigenvalue weighted by Gasteiger charge is 1.91. The molecule has 0 fully saturated rings. The Morgan fingerprint density at radius 3 is 2.77 bits per heavy atom. The zero-order valence-electron chi connectivity index (χ0n) is 7.74. The number of hydrogen-bond acceptors (Lipinski definition) is 2. The second-order valence-corrected chi connectivity index (χ2v) is 2.78. The first-order valence-corrected chi connectivity index (χ1v) is 4.05. The van der Waals surface area contributed by atoms with Crippen LogP contribution in [0.4, 0.5) is 0 Å². The normalized spacial score (nSPS) is 10.3. The molecule has 0 bridgehead atoms. The van der Waals surface area contributed by atoms with Gasteiger partial charge >= 0.3 is 0 Å². The lowest BCUT2D eigenvalue weighted by molar-refractivity contribution is -0.118. The van der Waals surface area contributed by atoms with E-state index in [2.05, 4.69) is 10.5 Å². The summed E-state index contributed by atoms with van der Waals surface area (Å²) in [4.78, 5) is 10.5. The molecule has 1 aromatic carbocycles. The minimum atomic E-state index is -0.162. The molecule has 1 N–H and O–H groups in total. The van der Waals surface area contributed by atoms with Crippen LogP contribution in [0.15, 0.2) is 29.4 Å². The van der Waals surface area contributed by atoms with Gasteiger partial charge in [0.2, 0.25) is 5.91 Å². The van der Waals surface area contributed by atoms with Gasteiger partial charge in [-0.1, -0.05) is 24.3 Å². The molecule has 0 aliphatic carbocycles. The van der Waals surface area contributed by atoms with Crippen LogP contribution in [0.25, 0.3) is 0 Å². The summed E-state index contributed by atoms with van der Waals surface area (Å²) in [7, 11) is 0. The predicted octanol–water partition coefficient (Wildman–Crippen LogP) is 1.47. The van der Waals surface area contributed by atoms with Crippen molar-refractivity contribution >= 4 is 12.1 Å². The number of aryl methyl sites for hydroxylation is 1. The van der Waals surface area contributed by atoms with Crippen LogP contribution in [0, 0.1) is 6.92 Å². The highest BCUT2D eigenvalue weighted by molar-refractivity contribution is 5.83. The Hall–Kier alpha value is -1.64. The average molecular weight is 176 g/mol. The lowest BCUT2D eigenvalue weighted by Gasteiger charge is -1.97. The third-order valence-corrected chi connectivity index (χ3v) is 1.61. The van der Waals surface area contributed by atoms with Crippen LogP contribution in [0.2, 0.25) is 0 Å². The molecule has 0 heterocycles. The van der Waals surface area contributed by atoms with E-state index in [0.29, 0.717) is 0 Å². The topological polar surface area (TPSA) is 41.5 Å². The van der Waals surface area contributed by atoms with Crippen molar-refractivity contribution in [3.8, 4) is 0 Å². The minimum Gasteiger partial charge on any atom is -0.274 e. The van der Waals surface area contributed by atoms with E-state index in [1.54, 1.807) is 6.21 Å². The van der Waals surface area contributed by atoms with Crippen molar-refractivity contribution in [1.82, 2.24) is 5.43 Å². The Bertz CT molecular complexity index is 331. The Morgan fingerprint density at radius 2 is 2.15 bits per heavy atom. The fourth-order valence-corrected chi connectivity index (χ4v) is 0.924. The Kier molecular flexibility index (Phi) is 3.20. The van der Waals surface area contributed by atoms with Crippen LogP contribution in [0.3, 0.4) is 0 Å². The SMILES string of the molecule is CC(=O)N/N=C\c1ccccc1C. The largest absolute Gasteiger partial charge is 0.274 e. The zero-order valence-corrected chi connectivity index (χ0v) is 7.74. The summed E-state index contributed by atoms with van der Waals surface area (Å²) in [6, 6.07) is 7.84. The molecule has 1 amide bonds. The molecule has 3 nitrogen and oxygen atoms in total. The van der Waals surface area contributed by atoms with Gasteiger partial charge in [-0.05, 0) is 18.1 Å². The van der Waals surface area contributed by atoms with Gasteiger partial charge in [-0.25, -0.2) is 5.43 Å². The summed E-state index contributed by atoms with van der Waals surface area (Å²) in [5, 5.41) is 3.78. The van der Waals surface area contributed by atoms with Crippen molar-refractivity contribution in [2.75, 3.05) is 0 Å². The molecule has 0 radical (unpaired) electrons. The van der Waals surface area contributed by atoms with Gasteiger partial charge in [-0.2, -0.15) is 5.10 Å². The van der Waals surface area contributed by atoms with Crippen molar-refractivity contribution in [3.63, 3.8) is 0 Å². The van der Waals surface area contributed by atoms with Crippen molar-refractivity contribution in [2.45, 2.75) is 13.8 Å². The van der Waals surface area contributed by atoms with Crippen LogP contribution in [-0.2, 0) is 4.79 Å². The van der Waals surface area contributed by atoms with Gasteiger partial charge in [0.05, 0.1) is 6.21 Å². The van der Waals surface area contributed by atoms with E-state index < -0.39 is 0 Å². The maximum absolute atomic E-state index is 10.5. The number of rotatable bonds is 2. The second-order valence-electron chi connectivity index (χ2n) is 2.78. The number of hydrogen-bond donors (Lipinski definition) is 1. The molecule has 1 rings (SSSR count). The molecule has 3 heteroatoms. The number of amides is 1. The van der Waals surface area contributed by atoms with Crippen molar-refractivity contribution in [3.05, 3.63) is 35.4 Å². The van der Waals surface area contributed by atoms with Gasteiger partial charge in [-0.15, -0.1) is 0 Å². The highest BCUT2D eigenvalue weighted by Crippen LogP contribution is 2.02. The third kappa shape index (κ3) is 3.07. The van der Waals surface area contributed by atoms with E-state index in [1.807, 2.05) is 31.2 Å². The number of carbonyl (C=O) groups excluding carboxylic acids is 1. The maximum Gasteiger partial charge on any atom is 0.236 e.